The largest absolute Gasteiger partial charge is 0.465 e. The van der Waals surface area contributed by atoms with Crippen molar-refractivity contribution >= 4 is 11.7 Å². The van der Waals surface area contributed by atoms with Gasteiger partial charge in [0.15, 0.2) is 0 Å². The highest BCUT2D eigenvalue weighted by atomic mass is 19.1. The van der Waals surface area contributed by atoms with E-state index in [0.717, 1.165) is 66.0 Å². The van der Waals surface area contributed by atoms with Gasteiger partial charge in [0.05, 0.1) is 25.4 Å². The summed E-state index contributed by atoms with van der Waals surface area (Å²) in [7, 11) is 1.19. The average Bonchev–Trinajstić information content (AvgIpc) is 3.60. The number of carbonyl (C=O) groups is 1. The Labute approximate surface area is 214 Å². The Balaban J connectivity index is 1.20. The van der Waals surface area contributed by atoms with Crippen LogP contribution in [0.5, 0.6) is 0 Å². The highest BCUT2D eigenvalue weighted by Crippen LogP contribution is 2.46. The second-order valence-corrected chi connectivity index (χ2v) is 10.4. The summed E-state index contributed by atoms with van der Waals surface area (Å²) in [5.41, 5.74) is 3.85. The van der Waals surface area contributed by atoms with E-state index in [9.17, 15) is 4.79 Å². The first-order valence-corrected chi connectivity index (χ1v) is 13.0. The molecule has 3 aromatic rings. The predicted octanol–water partition coefficient (Wildman–Crippen LogP) is 6.31. The van der Waals surface area contributed by atoms with Crippen molar-refractivity contribution in [3.8, 4) is 11.3 Å². The molecule has 1 saturated carbocycles. The molecule has 2 bridgehead atoms. The summed E-state index contributed by atoms with van der Waals surface area (Å²) in [5.74, 6) is -0.908. The van der Waals surface area contributed by atoms with Crippen molar-refractivity contribution in [2.75, 3.05) is 12.0 Å². The van der Waals surface area contributed by atoms with Crippen LogP contribution in [0.2, 0.25) is 0 Å². The highest BCUT2D eigenvalue weighted by molar-refractivity contribution is 5.90. The van der Waals surface area contributed by atoms with Crippen LogP contribution in [-0.2, 0) is 16.1 Å². The number of rotatable bonds is 7. The fourth-order valence-electron chi connectivity index (χ4n) is 6.06. The van der Waals surface area contributed by atoms with E-state index in [4.69, 9.17) is 9.26 Å². The number of nitrogens with zero attached hydrogens (tertiary/aromatic N) is 2. The molecule has 2 aromatic carbocycles. The Morgan fingerprint density at radius 1 is 1.08 bits per heavy atom. The summed E-state index contributed by atoms with van der Waals surface area (Å²) in [6.07, 6.45) is 5.22. The fraction of sp³-hybridized carbons (Fsp3) is 0.448. The maximum absolute atomic E-state index is 15.0. The normalized spacial score (nSPS) is 22.9. The smallest absolute Gasteiger partial charge is 0.338 e. The maximum Gasteiger partial charge on any atom is 0.338 e. The molecule has 1 aromatic heterocycles. The maximum atomic E-state index is 15.0. The first-order valence-electron chi connectivity index (χ1n) is 13.0. The summed E-state index contributed by atoms with van der Waals surface area (Å²) in [4.78, 5) is 13.6. The number of fused-ring (bicyclic) bond motifs is 2. The van der Waals surface area contributed by atoms with Crippen LogP contribution in [0.4, 0.5) is 14.5 Å². The van der Waals surface area contributed by atoms with Gasteiger partial charge in [0.2, 0.25) is 0 Å². The molecular formula is C29H30F2N2O4. The number of methoxy groups -OCH3 is 1. The van der Waals surface area contributed by atoms with E-state index in [0.29, 0.717) is 25.4 Å². The van der Waals surface area contributed by atoms with Crippen LogP contribution < -0.4 is 4.90 Å². The number of hydrogen-bond acceptors (Lipinski definition) is 6. The number of aryl methyl sites for hydroxylation is 1. The number of aromatic nitrogens is 1. The standard InChI is InChI=1S/C29H30F2N2O4/c1-16-5-3-4-6-22(16)26-23(28(37-32-26)17-7-8-17)15-36-21-13-19-9-10-20(14-21)33(19)27-24(30)11-18(12-25(27)31)29(34)35-2/h3-6,11-12,17,19-21H,7-10,13-15H2,1-2H3/t19-,20?,21?/m0/s1. The predicted molar refractivity (Wildman–Crippen MR) is 133 cm³/mol. The summed E-state index contributed by atoms with van der Waals surface area (Å²) < 4.78 is 46.9. The molecule has 37 heavy (non-hydrogen) atoms. The molecule has 3 fully saturated rings. The van der Waals surface area contributed by atoms with Gasteiger partial charge >= 0.3 is 5.97 Å². The van der Waals surface area contributed by atoms with E-state index in [2.05, 4.69) is 28.9 Å². The van der Waals surface area contributed by atoms with Crippen LogP contribution in [-0.4, -0.2) is 36.4 Å². The van der Waals surface area contributed by atoms with Crippen molar-refractivity contribution in [3.05, 3.63) is 70.5 Å². The molecule has 2 saturated heterocycles. The third-order valence-electron chi connectivity index (χ3n) is 8.02. The molecule has 1 aliphatic carbocycles. The molecule has 3 heterocycles. The summed E-state index contributed by atoms with van der Waals surface area (Å²) in [6.45, 7) is 2.47. The Hall–Kier alpha value is -3.26. The van der Waals surface area contributed by atoms with Crippen LogP contribution in [0.3, 0.4) is 0 Å². The fourth-order valence-corrected chi connectivity index (χ4v) is 6.06. The quantitative estimate of drug-likeness (QED) is 0.349. The zero-order valence-electron chi connectivity index (χ0n) is 21.0. The van der Waals surface area contributed by atoms with E-state index in [1.165, 1.54) is 7.11 Å². The SMILES string of the molecule is COC(=O)c1cc(F)c(N2C3CC[C@H]2CC(OCc2c(-c4ccccc4C)noc2C2CC2)C3)c(F)c1. The molecule has 0 spiro atoms. The Bertz CT molecular complexity index is 1300. The van der Waals surface area contributed by atoms with E-state index in [1.807, 2.05) is 17.0 Å². The third-order valence-corrected chi connectivity index (χ3v) is 8.02. The van der Waals surface area contributed by atoms with Gasteiger partial charge in [-0.3, -0.25) is 0 Å². The lowest BCUT2D eigenvalue weighted by atomic mass is 9.97. The van der Waals surface area contributed by atoms with E-state index in [-0.39, 0.29) is 29.4 Å². The molecule has 2 aliphatic heterocycles. The minimum Gasteiger partial charge on any atom is -0.465 e. The van der Waals surface area contributed by atoms with Crippen molar-refractivity contribution in [2.45, 2.75) is 76.2 Å². The number of anilines is 1. The van der Waals surface area contributed by atoms with Gasteiger partial charge in [0, 0.05) is 29.1 Å². The second-order valence-electron chi connectivity index (χ2n) is 10.4. The topological polar surface area (TPSA) is 64.8 Å². The van der Waals surface area contributed by atoms with Gasteiger partial charge in [-0.2, -0.15) is 0 Å². The van der Waals surface area contributed by atoms with Crippen molar-refractivity contribution in [1.29, 1.82) is 0 Å². The van der Waals surface area contributed by atoms with Gasteiger partial charge in [0.1, 0.15) is 28.8 Å². The zero-order valence-corrected chi connectivity index (χ0v) is 21.0. The number of hydrogen-bond donors (Lipinski definition) is 0. The van der Waals surface area contributed by atoms with E-state index < -0.39 is 17.6 Å². The summed E-state index contributed by atoms with van der Waals surface area (Å²) in [5, 5.41) is 4.43. The van der Waals surface area contributed by atoms with Gasteiger partial charge in [-0.15, -0.1) is 0 Å². The summed E-state index contributed by atoms with van der Waals surface area (Å²) in [6, 6.07) is 10.2. The van der Waals surface area contributed by atoms with Crippen LogP contribution in [0.15, 0.2) is 40.9 Å². The first-order chi connectivity index (χ1) is 17.9. The van der Waals surface area contributed by atoms with Gasteiger partial charge in [-0.1, -0.05) is 29.4 Å². The highest BCUT2D eigenvalue weighted by Gasteiger charge is 2.44. The van der Waals surface area contributed by atoms with Gasteiger partial charge in [-0.25, -0.2) is 13.6 Å². The zero-order chi connectivity index (χ0) is 25.7. The third kappa shape index (κ3) is 4.41. The monoisotopic (exact) mass is 508 g/mol. The first kappa shape index (κ1) is 24.1. The molecular weight excluding hydrogens is 478 g/mol. The average molecular weight is 509 g/mol. The minimum absolute atomic E-state index is 0.0270. The molecule has 6 nitrogen and oxygen atoms in total. The molecule has 0 amide bonds. The molecule has 0 radical (unpaired) electrons. The van der Waals surface area contributed by atoms with Crippen LogP contribution in [0.25, 0.3) is 11.3 Å². The molecule has 3 aliphatic rings. The second kappa shape index (κ2) is 9.56. The Morgan fingerprint density at radius 2 is 1.76 bits per heavy atom. The molecule has 6 rings (SSSR count). The minimum atomic E-state index is -0.760. The van der Waals surface area contributed by atoms with Crippen LogP contribution in [0.1, 0.15) is 71.7 Å². The number of piperidine rings is 1. The molecule has 2 unspecified atom stereocenters. The molecule has 0 N–H and O–H groups in total. The van der Waals surface area contributed by atoms with Crippen molar-refractivity contribution < 1.29 is 27.6 Å². The molecule has 8 heteroatoms. The van der Waals surface area contributed by atoms with Gasteiger partial charge in [0.25, 0.3) is 0 Å². The number of ether oxygens (including phenoxy) is 2. The lowest BCUT2D eigenvalue weighted by Crippen LogP contribution is -2.46. The van der Waals surface area contributed by atoms with Gasteiger partial charge in [-0.05, 0) is 63.1 Å². The van der Waals surface area contributed by atoms with E-state index >= 15 is 8.78 Å². The van der Waals surface area contributed by atoms with Crippen molar-refractivity contribution in [1.82, 2.24) is 5.16 Å². The lowest BCUT2D eigenvalue weighted by molar-refractivity contribution is 0.0145. The van der Waals surface area contributed by atoms with Crippen LogP contribution >= 0.6 is 0 Å². The number of carbonyl (C=O) groups excluding carboxylic acids is 1. The lowest BCUT2D eigenvalue weighted by Gasteiger charge is -2.40. The number of benzene rings is 2. The summed E-state index contributed by atoms with van der Waals surface area (Å²) >= 11 is 0. The van der Waals surface area contributed by atoms with E-state index in [1.54, 1.807) is 0 Å². The Morgan fingerprint density at radius 3 is 2.38 bits per heavy atom. The molecule has 3 atom stereocenters. The molecule has 194 valence electrons. The van der Waals surface area contributed by atoms with Gasteiger partial charge < -0.3 is 18.9 Å². The van der Waals surface area contributed by atoms with Crippen molar-refractivity contribution in [2.24, 2.45) is 0 Å². The number of halogens is 2. The Kier molecular flexibility index (Phi) is 6.23. The number of esters is 1. The van der Waals surface area contributed by atoms with Crippen molar-refractivity contribution in [3.63, 3.8) is 0 Å². The van der Waals surface area contributed by atoms with Crippen LogP contribution in [0, 0.1) is 18.6 Å².